The number of nitrogens with zero attached hydrogens (tertiary/aromatic N) is 1. The van der Waals surface area contributed by atoms with Crippen LogP contribution < -0.4 is 0 Å². The molecule has 0 aliphatic heterocycles. The number of fused-ring (bicyclic) bond motifs is 2. The van der Waals surface area contributed by atoms with Gasteiger partial charge >= 0.3 is 0 Å². The van der Waals surface area contributed by atoms with Gasteiger partial charge in [0.25, 0.3) is 0 Å². The van der Waals surface area contributed by atoms with Crippen LogP contribution in [0.4, 0.5) is 5.69 Å². The standard InChI is InChI=1S/C28H25NO/c1-16(2)20-12-8-13-21(17(3)4)26(20)29-27-23-14-7-10-19-15-18-9-5-6-11-22(18)25(24(19)23)28(27)30/h5-17H,1-4H3. The van der Waals surface area contributed by atoms with Crippen molar-refractivity contribution < 1.29 is 4.79 Å². The summed E-state index contributed by atoms with van der Waals surface area (Å²) in [4.78, 5) is 18.8. The molecule has 0 atom stereocenters. The molecule has 1 aliphatic rings. The van der Waals surface area contributed by atoms with Crippen molar-refractivity contribution >= 4 is 38.7 Å². The minimum absolute atomic E-state index is 0.0336. The average Bonchev–Trinajstić information content (AvgIpc) is 3.02. The van der Waals surface area contributed by atoms with Crippen LogP contribution >= 0.6 is 0 Å². The highest BCUT2D eigenvalue weighted by Gasteiger charge is 2.31. The molecule has 4 aromatic carbocycles. The molecule has 2 heteroatoms. The molecule has 0 amide bonds. The van der Waals surface area contributed by atoms with Gasteiger partial charge in [0.2, 0.25) is 5.78 Å². The van der Waals surface area contributed by atoms with Crippen LogP contribution in [0.15, 0.2) is 71.7 Å². The summed E-state index contributed by atoms with van der Waals surface area (Å²) < 4.78 is 0. The lowest BCUT2D eigenvalue weighted by molar-refractivity contribution is 0.107. The van der Waals surface area contributed by atoms with E-state index in [1.54, 1.807) is 0 Å². The van der Waals surface area contributed by atoms with E-state index >= 15 is 0 Å². The topological polar surface area (TPSA) is 29.4 Å². The summed E-state index contributed by atoms with van der Waals surface area (Å²) in [6.45, 7) is 8.73. The number of ketones is 1. The van der Waals surface area contributed by atoms with Gasteiger partial charge in [0.05, 0.1) is 5.69 Å². The first kappa shape index (κ1) is 18.7. The molecule has 0 radical (unpaired) electrons. The van der Waals surface area contributed by atoms with Crippen LogP contribution in [0.2, 0.25) is 0 Å². The first-order chi connectivity index (χ1) is 14.5. The van der Waals surface area contributed by atoms with Crippen LogP contribution in [-0.4, -0.2) is 11.5 Å². The number of rotatable bonds is 3. The Morgan fingerprint density at radius 3 is 2.07 bits per heavy atom. The van der Waals surface area contributed by atoms with E-state index in [-0.39, 0.29) is 5.78 Å². The molecule has 1 aliphatic carbocycles. The quantitative estimate of drug-likeness (QED) is 0.331. The van der Waals surface area contributed by atoms with Crippen molar-refractivity contribution in [3.8, 4) is 0 Å². The van der Waals surface area contributed by atoms with Crippen LogP contribution in [0.25, 0.3) is 21.5 Å². The molecule has 30 heavy (non-hydrogen) atoms. The lowest BCUT2D eigenvalue weighted by Crippen LogP contribution is -2.09. The Hall–Kier alpha value is -3.26. The Kier molecular flexibility index (Phi) is 4.32. The fraction of sp³-hybridized carbons (Fsp3) is 0.214. The predicted molar refractivity (Wildman–Crippen MR) is 127 cm³/mol. The lowest BCUT2D eigenvalue weighted by Gasteiger charge is -2.17. The van der Waals surface area contributed by atoms with Gasteiger partial charge in [-0.05, 0) is 45.2 Å². The van der Waals surface area contributed by atoms with Crippen molar-refractivity contribution in [3.05, 3.63) is 89.0 Å². The normalized spacial score (nSPS) is 14.7. The van der Waals surface area contributed by atoms with E-state index in [1.165, 1.54) is 11.1 Å². The van der Waals surface area contributed by atoms with Crippen molar-refractivity contribution in [1.82, 2.24) is 0 Å². The Balaban J connectivity index is 1.84. The fourth-order valence-corrected chi connectivity index (χ4v) is 4.66. The maximum Gasteiger partial charge on any atom is 0.213 e. The highest BCUT2D eigenvalue weighted by atomic mass is 16.1. The van der Waals surface area contributed by atoms with Crippen molar-refractivity contribution in [2.45, 2.75) is 39.5 Å². The second kappa shape index (κ2) is 6.91. The minimum Gasteiger partial charge on any atom is -0.287 e. The molecule has 0 saturated carbocycles. The summed E-state index contributed by atoms with van der Waals surface area (Å²) in [7, 11) is 0. The first-order valence-electron chi connectivity index (χ1n) is 10.7. The highest BCUT2D eigenvalue weighted by Crippen LogP contribution is 2.40. The van der Waals surface area contributed by atoms with Gasteiger partial charge in [0, 0.05) is 16.5 Å². The summed E-state index contributed by atoms with van der Waals surface area (Å²) >= 11 is 0. The lowest BCUT2D eigenvalue weighted by atomic mass is 9.92. The molecule has 0 heterocycles. The van der Waals surface area contributed by atoms with Crippen LogP contribution in [-0.2, 0) is 0 Å². The summed E-state index contributed by atoms with van der Waals surface area (Å²) in [6, 6.07) is 22.9. The van der Waals surface area contributed by atoms with Crippen molar-refractivity contribution in [3.63, 3.8) is 0 Å². The van der Waals surface area contributed by atoms with Crippen molar-refractivity contribution in [1.29, 1.82) is 0 Å². The van der Waals surface area contributed by atoms with Crippen LogP contribution in [0.5, 0.6) is 0 Å². The number of para-hydroxylation sites is 1. The Bertz CT molecular complexity index is 1330. The molecule has 0 aromatic heterocycles. The van der Waals surface area contributed by atoms with E-state index in [0.717, 1.165) is 38.4 Å². The monoisotopic (exact) mass is 391 g/mol. The number of hydrogen-bond acceptors (Lipinski definition) is 2. The molecule has 148 valence electrons. The van der Waals surface area contributed by atoms with Crippen molar-refractivity contribution in [2.24, 2.45) is 4.99 Å². The SMILES string of the molecule is CC(C)c1cccc(C(C)C)c1N=C1C(=O)c2c3ccccc3cc3cccc1c23. The number of carbonyl (C=O) groups is 1. The molecule has 0 saturated heterocycles. The molecular weight excluding hydrogens is 366 g/mol. The van der Waals surface area contributed by atoms with Gasteiger partial charge in [-0.25, -0.2) is 4.99 Å². The molecule has 0 spiro atoms. The highest BCUT2D eigenvalue weighted by molar-refractivity contribution is 6.61. The van der Waals surface area contributed by atoms with Gasteiger partial charge in [0.1, 0.15) is 5.71 Å². The average molecular weight is 392 g/mol. The maximum atomic E-state index is 13.7. The zero-order chi connectivity index (χ0) is 21.0. The van der Waals surface area contributed by atoms with E-state index in [4.69, 9.17) is 4.99 Å². The molecule has 4 aromatic rings. The summed E-state index contributed by atoms with van der Waals surface area (Å²) in [6.07, 6.45) is 0. The molecule has 0 bridgehead atoms. The third-order valence-corrected chi connectivity index (χ3v) is 6.15. The van der Waals surface area contributed by atoms with Gasteiger partial charge in [-0.15, -0.1) is 0 Å². The van der Waals surface area contributed by atoms with E-state index in [9.17, 15) is 4.79 Å². The van der Waals surface area contributed by atoms with Gasteiger partial charge in [-0.3, -0.25) is 4.79 Å². The second-order valence-corrected chi connectivity index (χ2v) is 8.76. The zero-order valence-corrected chi connectivity index (χ0v) is 17.9. The Morgan fingerprint density at radius 2 is 1.37 bits per heavy atom. The Labute approximate surface area is 177 Å². The predicted octanol–water partition coefficient (Wildman–Crippen LogP) is 7.56. The van der Waals surface area contributed by atoms with Crippen molar-refractivity contribution in [2.75, 3.05) is 0 Å². The molecule has 0 unspecified atom stereocenters. The number of carbonyl (C=O) groups excluding carboxylic acids is 1. The number of Topliss-reactive ketones (excluding diaryl/α,β-unsaturated/α-hetero) is 1. The van der Waals surface area contributed by atoms with Gasteiger partial charge < -0.3 is 0 Å². The smallest absolute Gasteiger partial charge is 0.213 e. The van der Waals surface area contributed by atoms with Crippen LogP contribution in [0, 0.1) is 0 Å². The first-order valence-corrected chi connectivity index (χ1v) is 10.7. The van der Waals surface area contributed by atoms with E-state index < -0.39 is 0 Å². The molecular formula is C28H25NO. The molecule has 2 nitrogen and oxygen atoms in total. The third-order valence-electron chi connectivity index (χ3n) is 6.15. The molecule has 0 N–H and O–H groups in total. The summed E-state index contributed by atoms with van der Waals surface area (Å²) in [5, 5.41) is 4.24. The summed E-state index contributed by atoms with van der Waals surface area (Å²) in [5.74, 6) is 0.698. The van der Waals surface area contributed by atoms with Crippen LogP contribution in [0.3, 0.4) is 0 Å². The van der Waals surface area contributed by atoms with E-state index in [2.05, 4.69) is 64.1 Å². The fourth-order valence-electron chi connectivity index (χ4n) is 4.66. The second-order valence-electron chi connectivity index (χ2n) is 8.76. The maximum absolute atomic E-state index is 13.7. The number of hydrogen-bond donors (Lipinski definition) is 0. The van der Waals surface area contributed by atoms with Gasteiger partial charge in [-0.2, -0.15) is 0 Å². The van der Waals surface area contributed by atoms with Gasteiger partial charge in [0.15, 0.2) is 0 Å². The zero-order valence-electron chi connectivity index (χ0n) is 17.9. The summed E-state index contributed by atoms with van der Waals surface area (Å²) in [5.41, 5.74) is 5.66. The Morgan fingerprint density at radius 1 is 0.733 bits per heavy atom. The largest absolute Gasteiger partial charge is 0.287 e. The molecule has 5 rings (SSSR count). The van der Waals surface area contributed by atoms with E-state index in [0.29, 0.717) is 17.5 Å². The van der Waals surface area contributed by atoms with Gasteiger partial charge in [-0.1, -0.05) is 88.4 Å². The number of aliphatic imine (C=N–C) groups is 1. The molecule has 0 fully saturated rings. The van der Waals surface area contributed by atoms with Crippen LogP contribution in [0.1, 0.15) is 66.6 Å². The minimum atomic E-state index is 0.0336. The number of benzene rings is 4. The van der Waals surface area contributed by atoms with E-state index in [1.807, 2.05) is 30.3 Å². The third kappa shape index (κ3) is 2.71.